The van der Waals surface area contributed by atoms with E-state index in [4.69, 9.17) is 4.74 Å². The first-order valence-electron chi connectivity index (χ1n) is 4.85. The molecule has 0 saturated heterocycles. The van der Waals surface area contributed by atoms with Crippen LogP contribution in [-0.2, 0) is 9.53 Å². The molecule has 2 aliphatic rings. The lowest BCUT2D eigenvalue weighted by atomic mass is 9.67. The number of aliphatic hydroxyl groups is 1. The largest absolute Gasteiger partial charge is 0.365 e. The van der Waals surface area contributed by atoms with Crippen LogP contribution in [0.15, 0.2) is 0 Å². The van der Waals surface area contributed by atoms with Crippen molar-refractivity contribution in [3.63, 3.8) is 0 Å². The van der Waals surface area contributed by atoms with Crippen LogP contribution in [0.3, 0.4) is 0 Å². The van der Waals surface area contributed by atoms with Crippen molar-refractivity contribution in [2.75, 3.05) is 7.11 Å². The Morgan fingerprint density at radius 1 is 1.62 bits per heavy atom. The van der Waals surface area contributed by atoms with Gasteiger partial charge >= 0.3 is 0 Å². The average Bonchev–Trinajstić information content (AvgIpc) is 2.37. The van der Waals surface area contributed by atoms with Gasteiger partial charge in [-0.05, 0) is 18.3 Å². The van der Waals surface area contributed by atoms with E-state index < -0.39 is 5.79 Å². The van der Waals surface area contributed by atoms with Crippen LogP contribution in [-0.4, -0.2) is 24.3 Å². The van der Waals surface area contributed by atoms with Crippen LogP contribution >= 0.6 is 0 Å². The Balaban J connectivity index is 2.17. The molecule has 0 amide bonds. The summed E-state index contributed by atoms with van der Waals surface area (Å²) in [5.74, 6) is -0.0819. The number of carbonyl (C=O) groups is 1. The first kappa shape index (κ1) is 9.16. The van der Waals surface area contributed by atoms with Crippen molar-refractivity contribution in [3.8, 4) is 0 Å². The zero-order chi connectivity index (χ0) is 9.64. The second kappa shape index (κ2) is 2.79. The molecule has 3 heteroatoms. The second-order valence-corrected chi connectivity index (χ2v) is 4.47. The van der Waals surface area contributed by atoms with Gasteiger partial charge in [0.2, 0.25) is 0 Å². The third-order valence-corrected chi connectivity index (χ3v) is 3.84. The maximum Gasteiger partial charge on any atom is 0.169 e. The minimum absolute atomic E-state index is 0.0105. The van der Waals surface area contributed by atoms with Gasteiger partial charge in [0.15, 0.2) is 5.79 Å². The number of rotatable bonds is 2. The van der Waals surface area contributed by atoms with Gasteiger partial charge < -0.3 is 14.6 Å². The van der Waals surface area contributed by atoms with E-state index >= 15 is 0 Å². The number of aldehydes is 1. The first-order chi connectivity index (χ1) is 6.12. The Bertz CT molecular complexity index is 228. The molecule has 1 N–H and O–H groups in total. The lowest BCUT2D eigenvalue weighted by molar-refractivity contribution is -0.295. The molecule has 0 spiro atoms. The standard InChI is InChI=1S/C10H16O3/c1-6-3-7-4-10(12,13-2)9(7)8(6)5-11/h5-9,12H,3-4H2,1-2H3. The molecule has 13 heavy (non-hydrogen) atoms. The van der Waals surface area contributed by atoms with Gasteiger partial charge in [-0.1, -0.05) is 6.92 Å². The molecule has 5 unspecified atom stereocenters. The van der Waals surface area contributed by atoms with Crippen molar-refractivity contribution in [1.29, 1.82) is 0 Å². The van der Waals surface area contributed by atoms with Gasteiger partial charge in [-0.15, -0.1) is 0 Å². The summed E-state index contributed by atoms with van der Waals surface area (Å²) in [7, 11) is 1.51. The van der Waals surface area contributed by atoms with Gasteiger partial charge in [-0.3, -0.25) is 0 Å². The fourth-order valence-electron chi connectivity index (χ4n) is 3.12. The number of ether oxygens (including phenoxy) is 1. The predicted octanol–water partition coefficient (Wildman–Crippen LogP) is 0.812. The van der Waals surface area contributed by atoms with Crippen LogP contribution in [0.1, 0.15) is 19.8 Å². The summed E-state index contributed by atoms with van der Waals surface area (Å²) in [5, 5.41) is 9.93. The van der Waals surface area contributed by atoms with Crippen LogP contribution in [0.4, 0.5) is 0 Å². The van der Waals surface area contributed by atoms with E-state index in [9.17, 15) is 9.90 Å². The Morgan fingerprint density at radius 3 is 2.85 bits per heavy atom. The summed E-state index contributed by atoms with van der Waals surface area (Å²) in [6.07, 6.45) is 2.74. The number of hydrogen-bond acceptors (Lipinski definition) is 3. The summed E-state index contributed by atoms with van der Waals surface area (Å²) in [6.45, 7) is 2.08. The highest BCUT2D eigenvalue weighted by Crippen LogP contribution is 2.58. The first-order valence-corrected chi connectivity index (χ1v) is 4.85. The molecule has 74 valence electrons. The third-order valence-electron chi connectivity index (χ3n) is 3.84. The molecule has 2 saturated carbocycles. The quantitative estimate of drug-likeness (QED) is 0.510. The Kier molecular flexibility index (Phi) is 1.96. The molecular formula is C10H16O3. The molecule has 5 atom stereocenters. The monoisotopic (exact) mass is 184 g/mol. The lowest BCUT2D eigenvalue weighted by Gasteiger charge is -2.48. The van der Waals surface area contributed by atoms with E-state index in [1.54, 1.807) is 0 Å². The summed E-state index contributed by atoms with van der Waals surface area (Å²) in [5.41, 5.74) is 0. The average molecular weight is 184 g/mol. The smallest absolute Gasteiger partial charge is 0.169 e. The zero-order valence-electron chi connectivity index (χ0n) is 8.06. The normalized spacial score (nSPS) is 54.1. The zero-order valence-corrected chi connectivity index (χ0v) is 8.06. The summed E-state index contributed by atoms with van der Waals surface area (Å²) < 4.78 is 5.06. The van der Waals surface area contributed by atoms with E-state index in [2.05, 4.69) is 6.92 Å². The van der Waals surface area contributed by atoms with Crippen LogP contribution < -0.4 is 0 Å². The number of fused-ring (bicyclic) bond motifs is 1. The fourth-order valence-corrected chi connectivity index (χ4v) is 3.12. The molecule has 2 rings (SSSR count). The highest BCUT2D eigenvalue weighted by atomic mass is 16.6. The van der Waals surface area contributed by atoms with Crippen molar-refractivity contribution in [3.05, 3.63) is 0 Å². The van der Waals surface area contributed by atoms with Crippen LogP contribution in [0.5, 0.6) is 0 Å². The highest BCUT2D eigenvalue weighted by Gasteiger charge is 2.61. The molecule has 0 aromatic carbocycles. The minimum Gasteiger partial charge on any atom is -0.365 e. The van der Waals surface area contributed by atoms with Crippen molar-refractivity contribution in [1.82, 2.24) is 0 Å². The topological polar surface area (TPSA) is 46.5 Å². The van der Waals surface area contributed by atoms with Crippen molar-refractivity contribution in [2.24, 2.45) is 23.7 Å². The van der Waals surface area contributed by atoms with E-state index in [0.29, 0.717) is 18.3 Å². The predicted molar refractivity (Wildman–Crippen MR) is 46.9 cm³/mol. The number of methoxy groups -OCH3 is 1. The van der Waals surface area contributed by atoms with Crippen molar-refractivity contribution in [2.45, 2.75) is 25.6 Å². The van der Waals surface area contributed by atoms with E-state index in [1.807, 2.05) is 0 Å². The van der Waals surface area contributed by atoms with Crippen molar-refractivity contribution < 1.29 is 14.6 Å². The second-order valence-electron chi connectivity index (χ2n) is 4.47. The molecule has 0 aromatic rings. The summed E-state index contributed by atoms with van der Waals surface area (Å²) in [4.78, 5) is 10.8. The van der Waals surface area contributed by atoms with Crippen LogP contribution in [0.25, 0.3) is 0 Å². The fraction of sp³-hybridized carbons (Fsp3) is 0.900. The van der Waals surface area contributed by atoms with E-state index in [0.717, 1.165) is 12.7 Å². The molecule has 2 fully saturated rings. The number of hydrogen-bond donors (Lipinski definition) is 1. The molecule has 0 radical (unpaired) electrons. The Morgan fingerprint density at radius 2 is 2.31 bits per heavy atom. The van der Waals surface area contributed by atoms with Gasteiger partial charge in [-0.25, -0.2) is 0 Å². The SMILES string of the molecule is COC1(O)CC2CC(C)C(C=O)C21. The molecular weight excluding hydrogens is 168 g/mol. The molecule has 0 aliphatic heterocycles. The third kappa shape index (κ3) is 1.07. The number of carbonyl (C=O) groups excluding carboxylic acids is 1. The Hall–Kier alpha value is -0.410. The summed E-state index contributed by atoms with van der Waals surface area (Å²) >= 11 is 0. The minimum atomic E-state index is -1.01. The van der Waals surface area contributed by atoms with E-state index in [-0.39, 0.29) is 11.8 Å². The maximum absolute atomic E-state index is 10.8. The van der Waals surface area contributed by atoms with Crippen molar-refractivity contribution >= 4 is 6.29 Å². The maximum atomic E-state index is 10.8. The molecule has 0 heterocycles. The highest BCUT2D eigenvalue weighted by molar-refractivity contribution is 5.56. The molecule has 0 aromatic heterocycles. The van der Waals surface area contributed by atoms with Crippen LogP contribution in [0.2, 0.25) is 0 Å². The molecule has 0 bridgehead atoms. The van der Waals surface area contributed by atoms with Gasteiger partial charge in [-0.2, -0.15) is 0 Å². The van der Waals surface area contributed by atoms with E-state index in [1.165, 1.54) is 7.11 Å². The van der Waals surface area contributed by atoms with Gasteiger partial charge in [0.1, 0.15) is 6.29 Å². The molecule has 3 nitrogen and oxygen atoms in total. The Labute approximate surface area is 78.1 Å². The van der Waals surface area contributed by atoms with Gasteiger partial charge in [0.05, 0.1) is 0 Å². The van der Waals surface area contributed by atoms with Gasteiger partial charge in [0.25, 0.3) is 0 Å². The lowest BCUT2D eigenvalue weighted by Crippen LogP contribution is -2.55. The summed E-state index contributed by atoms with van der Waals surface area (Å²) in [6, 6.07) is 0. The van der Waals surface area contributed by atoms with Gasteiger partial charge in [0, 0.05) is 25.4 Å². The molecule has 2 aliphatic carbocycles. The van der Waals surface area contributed by atoms with Crippen LogP contribution in [0, 0.1) is 23.7 Å².